The number of halogens is 1. The van der Waals surface area contributed by atoms with Crippen LogP contribution in [0, 0.1) is 0 Å². The molecule has 0 aliphatic rings. The maximum Gasteiger partial charge on any atom is 0.222 e. The number of aromatic nitrogens is 5. The van der Waals surface area contributed by atoms with Crippen LogP contribution in [0.2, 0.25) is 0 Å². The van der Waals surface area contributed by atoms with Crippen LogP contribution in [-0.2, 0) is 16.9 Å². The molecule has 166 valence electrons. The molecule has 1 N–H and O–H groups in total. The van der Waals surface area contributed by atoms with Gasteiger partial charge in [-0.25, -0.2) is 24.0 Å². The van der Waals surface area contributed by atoms with Crippen molar-refractivity contribution in [3.8, 4) is 5.82 Å². The summed E-state index contributed by atoms with van der Waals surface area (Å²) in [4.78, 5) is 27.0. The summed E-state index contributed by atoms with van der Waals surface area (Å²) in [5.41, 5.74) is -0.230. The third-order valence-electron chi connectivity index (χ3n) is 4.90. The Balaban J connectivity index is 2.29. The fourth-order valence-corrected chi connectivity index (χ4v) is 3.37. The molecule has 0 radical (unpaired) electrons. The highest BCUT2D eigenvalue weighted by Gasteiger charge is 2.25. The predicted octanol–water partition coefficient (Wildman–Crippen LogP) is 4.17. The van der Waals surface area contributed by atoms with Gasteiger partial charge < -0.3 is 10.2 Å². The number of nitrogens with one attached hydrogen (secondary N) is 1. The highest BCUT2D eigenvalue weighted by molar-refractivity contribution is 5.95. The van der Waals surface area contributed by atoms with Gasteiger partial charge in [0.1, 0.15) is 5.82 Å². The van der Waals surface area contributed by atoms with E-state index in [9.17, 15) is 9.18 Å². The summed E-state index contributed by atoms with van der Waals surface area (Å²) in [5.74, 6) is 1.58. The van der Waals surface area contributed by atoms with Crippen molar-refractivity contribution in [1.29, 1.82) is 0 Å². The molecule has 0 fully saturated rings. The average Bonchev–Trinajstić information content (AvgIpc) is 3.09. The van der Waals surface area contributed by atoms with Gasteiger partial charge in [0.15, 0.2) is 23.1 Å². The van der Waals surface area contributed by atoms with Gasteiger partial charge in [0.05, 0.1) is 10.9 Å². The molecule has 0 atom stereocenters. The van der Waals surface area contributed by atoms with Gasteiger partial charge in [-0.15, -0.1) is 5.10 Å². The molecule has 1 amide bonds. The van der Waals surface area contributed by atoms with Crippen molar-refractivity contribution >= 4 is 28.4 Å². The molecule has 3 heterocycles. The van der Waals surface area contributed by atoms with Crippen LogP contribution in [0.5, 0.6) is 0 Å². The van der Waals surface area contributed by atoms with Gasteiger partial charge in [-0.2, -0.15) is 0 Å². The van der Waals surface area contributed by atoms with Crippen LogP contribution < -0.4 is 10.2 Å². The van der Waals surface area contributed by atoms with E-state index in [4.69, 9.17) is 5.10 Å². The zero-order valence-corrected chi connectivity index (χ0v) is 19.0. The molecule has 0 bridgehead atoms. The van der Waals surface area contributed by atoms with Crippen LogP contribution in [0.1, 0.15) is 59.5 Å². The van der Waals surface area contributed by atoms with Gasteiger partial charge in [0.2, 0.25) is 5.91 Å². The lowest BCUT2D eigenvalue weighted by Gasteiger charge is -2.19. The number of anilines is 2. The third kappa shape index (κ3) is 4.81. The van der Waals surface area contributed by atoms with Crippen LogP contribution in [-0.4, -0.2) is 43.7 Å². The molecule has 3 aromatic heterocycles. The van der Waals surface area contributed by atoms with Crippen molar-refractivity contribution in [3.63, 3.8) is 0 Å². The molecule has 0 saturated carbocycles. The third-order valence-corrected chi connectivity index (χ3v) is 4.90. The van der Waals surface area contributed by atoms with E-state index in [1.807, 2.05) is 13.0 Å². The smallest absolute Gasteiger partial charge is 0.222 e. The van der Waals surface area contributed by atoms with Gasteiger partial charge in [0.25, 0.3) is 0 Å². The summed E-state index contributed by atoms with van der Waals surface area (Å²) in [7, 11) is 0. The van der Waals surface area contributed by atoms with E-state index in [0.717, 1.165) is 41.9 Å². The van der Waals surface area contributed by atoms with E-state index in [1.165, 1.54) is 20.8 Å². The normalized spacial score (nSPS) is 11.7. The monoisotopic (exact) mass is 427 g/mol. The maximum atomic E-state index is 14.7. The average molecular weight is 428 g/mol. The second-order valence-corrected chi connectivity index (χ2v) is 7.95. The van der Waals surface area contributed by atoms with Crippen molar-refractivity contribution in [2.45, 2.75) is 60.1 Å². The van der Waals surface area contributed by atoms with E-state index >= 15 is 0 Å². The summed E-state index contributed by atoms with van der Waals surface area (Å²) >= 11 is 0. The Morgan fingerprint density at radius 2 is 1.97 bits per heavy atom. The van der Waals surface area contributed by atoms with Gasteiger partial charge >= 0.3 is 0 Å². The summed E-state index contributed by atoms with van der Waals surface area (Å²) in [6, 6.07) is 3.58. The molecular formula is C22H30FN7O. The first-order valence-electron chi connectivity index (χ1n) is 10.7. The molecule has 9 heteroatoms. The van der Waals surface area contributed by atoms with Crippen LogP contribution in [0.25, 0.3) is 16.7 Å². The minimum atomic E-state index is -1.69. The molecule has 0 spiro atoms. The minimum Gasteiger partial charge on any atom is -0.355 e. The van der Waals surface area contributed by atoms with E-state index < -0.39 is 5.67 Å². The lowest BCUT2D eigenvalue weighted by Crippen LogP contribution is -2.24. The number of rotatable bonds is 8. The standard InChI is InChI=1S/C22H30FN7O/c1-7-10-29(9-3)20-16-13-24-18(25-14(4)31)12-17(16)30(28-20)19-11-15(8-2)26-21(27-19)22(5,6)23/h11-13H,7-10H2,1-6H3,(H,24,25,31). The zero-order valence-electron chi connectivity index (χ0n) is 19.0. The van der Waals surface area contributed by atoms with Crippen LogP contribution >= 0.6 is 0 Å². The van der Waals surface area contributed by atoms with E-state index in [-0.39, 0.29) is 11.7 Å². The lowest BCUT2D eigenvalue weighted by atomic mass is 10.1. The summed E-state index contributed by atoms with van der Waals surface area (Å²) in [6.07, 6.45) is 3.31. The molecule has 31 heavy (non-hydrogen) atoms. The van der Waals surface area contributed by atoms with Crippen LogP contribution in [0.3, 0.4) is 0 Å². The fraction of sp³-hybridized carbons (Fsp3) is 0.500. The Morgan fingerprint density at radius 3 is 2.55 bits per heavy atom. The number of fused-ring (bicyclic) bond motifs is 1. The maximum absolute atomic E-state index is 14.7. The Bertz CT molecular complexity index is 1090. The number of alkyl halides is 1. The van der Waals surface area contributed by atoms with Crippen molar-refractivity contribution in [2.24, 2.45) is 0 Å². The van der Waals surface area contributed by atoms with Gasteiger partial charge in [-0.3, -0.25) is 4.79 Å². The van der Waals surface area contributed by atoms with E-state index in [0.29, 0.717) is 18.1 Å². The van der Waals surface area contributed by atoms with Gasteiger partial charge in [-0.1, -0.05) is 13.8 Å². The van der Waals surface area contributed by atoms with Gasteiger partial charge in [0, 0.05) is 44.0 Å². The summed E-state index contributed by atoms with van der Waals surface area (Å²) in [6.45, 7) is 12.1. The highest BCUT2D eigenvalue weighted by atomic mass is 19.1. The van der Waals surface area contributed by atoms with Crippen molar-refractivity contribution in [2.75, 3.05) is 23.3 Å². The Hall–Kier alpha value is -3.10. The first-order valence-corrected chi connectivity index (χ1v) is 10.7. The molecule has 0 aliphatic carbocycles. The second-order valence-electron chi connectivity index (χ2n) is 7.95. The second kappa shape index (κ2) is 8.95. The quantitative estimate of drug-likeness (QED) is 0.580. The number of carbonyl (C=O) groups excluding carboxylic acids is 1. The molecule has 3 rings (SSSR count). The number of nitrogens with zero attached hydrogens (tertiary/aromatic N) is 6. The molecule has 8 nitrogen and oxygen atoms in total. The molecule has 0 saturated heterocycles. The van der Waals surface area contributed by atoms with Crippen molar-refractivity contribution in [1.82, 2.24) is 24.7 Å². The van der Waals surface area contributed by atoms with Gasteiger partial charge in [-0.05, 0) is 33.6 Å². The van der Waals surface area contributed by atoms with Crippen molar-refractivity contribution < 1.29 is 9.18 Å². The van der Waals surface area contributed by atoms with Crippen LogP contribution in [0.4, 0.5) is 16.0 Å². The summed E-state index contributed by atoms with van der Waals surface area (Å²) in [5, 5.41) is 8.39. The molecule has 0 unspecified atom stereocenters. The molecule has 3 aromatic rings. The van der Waals surface area contributed by atoms with E-state index in [2.05, 4.69) is 39.0 Å². The Labute approximate surface area is 181 Å². The molecule has 0 aliphatic heterocycles. The summed E-state index contributed by atoms with van der Waals surface area (Å²) < 4.78 is 16.4. The number of hydrogen-bond acceptors (Lipinski definition) is 6. The first kappa shape index (κ1) is 22.6. The van der Waals surface area contributed by atoms with Crippen molar-refractivity contribution in [3.05, 3.63) is 29.8 Å². The molecular weight excluding hydrogens is 397 g/mol. The number of amides is 1. The largest absolute Gasteiger partial charge is 0.355 e. The highest BCUT2D eigenvalue weighted by Crippen LogP contribution is 2.30. The SMILES string of the molecule is CCCN(CC)c1nn(-c2cc(CC)nc(C(C)(C)F)n2)c2cc(NC(C)=O)ncc12. The fourth-order valence-electron chi connectivity index (χ4n) is 3.37. The number of hydrogen-bond donors (Lipinski definition) is 1. The Kier molecular flexibility index (Phi) is 6.52. The zero-order chi connectivity index (χ0) is 22.8. The molecule has 0 aromatic carbocycles. The topological polar surface area (TPSA) is 88.8 Å². The van der Waals surface area contributed by atoms with E-state index in [1.54, 1.807) is 16.9 Å². The first-order chi connectivity index (χ1) is 14.7. The Morgan fingerprint density at radius 1 is 1.23 bits per heavy atom. The lowest BCUT2D eigenvalue weighted by molar-refractivity contribution is -0.114. The number of carbonyl (C=O) groups is 1. The number of pyridine rings is 1. The predicted molar refractivity (Wildman–Crippen MR) is 120 cm³/mol. The van der Waals surface area contributed by atoms with Crippen LogP contribution in [0.15, 0.2) is 18.3 Å². The minimum absolute atomic E-state index is 0.115. The number of aryl methyl sites for hydroxylation is 1.